The Balaban J connectivity index is 2.17. The summed E-state index contributed by atoms with van der Waals surface area (Å²) in [7, 11) is 2.84. The molecule has 0 aliphatic rings. The Labute approximate surface area is 152 Å². The zero-order chi connectivity index (χ0) is 18.7. The van der Waals surface area contributed by atoms with Gasteiger partial charge in [-0.2, -0.15) is 5.26 Å². The summed E-state index contributed by atoms with van der Waals surface area (Å²) in [4.78, 5) is 15.3. The van der Waals surface area contributed by atoms with Gasteiger partial charge in [0.05, 0.1) is 46.6 Å². The molecule has 0 spiro atoms. The van der Waals surface area contributed by atoms with Gasteiger partial charge in [0, 0.05) is 0 Å². The number of nitro groups is 1. The van der Waals surface area contributed by atoms with E-state index in [1.165, 1.54) is 43.8 Å². The number of rotatable bonds is 5. The Morgan fingerprint density at radius 2 is 1.96 bits per heavy atom. The molecule has 3 aromatic rings. The lowest BCUT2D eigenvalue weighted by Crippen LogP contribution is -1.97. The molecule has 0 aliphatic heterocycles. The van der Waals surface area contributed by atoms with E-state index in [9.17, 15) is 15.4 Å². The van der Waals surface area contributed by atoms with E-state index in [2.05, 4.69) is 11.1 Å². The third kappa shape index (κ3) is 3.20. The van der Waals surface area contributed by atoms with Crippen LogP contribution in [0.4, 0.5) is 5.69 Å². The minimum absolute atomic E-state index is 0.184. The fourth-order valence-electron chi connectivity index (χ4n) is 2.44. The van der Waals surface area contributed by atoms with Crippen LogP contribution in [0, 0.1) is 21.4 Å². The lowest BCUT2D eigenvalue weighted by atomic mass is 10.1. The molecule has 0 N–H and O–H groups in total. The number of thiazole rings is 1. The predicted octanol–water partition coefficient (Wildman–Crippen LogP) is 4.29. The summed E-state index contributed by atoms with van der Waals surface area (Å²) in [5.74, 6) is 0.584. The van der Waals surface area contributed by atoms with Crippen LogP contribution in [0.3, 0.4) is 0 Å². The molecule has 0 amide bonds. The van der Waals surface area contributed by atoms with Crippen LogP contribution in [-0.4, -0.2) is 24.1 Å². The molecule has 2 aromatic carbocycles. The Morgan fingerprint density at radius 1 is 1.27 bits per heavy atom. The van der Waals surface area contributed by atoms with E-state index in [1.807, 2.05) is 24.3 Å². The fraction of sp³-hybridized carbons (Fsp3) is 0.111. The van der Waals surface area contributed by atoms with Crippen LogP contribution in [-0.2, 0) is 0 Å². The molecule has 0 atom stereocenters. The normalized spacial score (nSPS) is 11.2. The molecule has 0 unspecified atom stereocenters. The molecule has 3 rings (SSSR count). The highest BCUT2D eigenvalue weighted by atomic mass is 32.1. The van der Waals surface area contributed by atoms with Gasteiger partial charge >= 0.3 is 0 Å². The number of allylic oxidation sites excluding steroid dienone is 1. The Morgan fingerprint density at radius 3 is 2.58 bits per heavy atom. The molecule has 130 valence electrons. The van der Waals surface area contributed by atoms with E-state index in [1.54, 1.807) is 0 Å². The first-order valence-corrected chi connectivity index (χ1v) is 8.27. The third-order valence-electron chi connectivity index (χ3n) is 3.67. The number of aromatic nitrogens is 1. The van der Waals surface area contributed by atoms with Crippen molar-refractivity contribution in [2.45, 2.75) is 0 Å². The van der Waals surface area contributed by atoms with Gasteiger partial charge in [-0.25, -0.2) is 4.98 Å². The Bertz CT molecular complexity index is 1030. The lowest BCUT2D eigenvalue weighted by Gasteiger charge is -2.09. The Hall–Kier alpha value is -3.44. The van der Waals surface area contributed by atoms with Crippen LogP contribution in [0.15, 0.2) is 36.4 Å². The molecule has 0 aliphatic carbocycles. The minimum Gasteiger partial charge on any atom is -0.493 e. The average Bonchev–Trinajstić information content (AvgIpc) is 3.09. The number of nitro benzene ring substituents is 1. The van der Waals surface area contributed by atoms with E-state index in [-0.39, 0.29) is 22.6 Å². The molecule has 1 aromatic heterocycles. The summed E-state index contributed by atoms with van der Waals surface area (Å²) in [6.07, 6.45) is 1.44. The van der Waals surface area contributed by atoms with Gasteiger partial charge in [0.25, 0.3) is 5.69 Å². The molecule has 0 bridgehead atoms. The van der Waals surface area contributed by atoms with Gasteiger partial charge in [0.2, 0.25) is 0 Å². The molecule has 0 fully saturated rings. The summed E-state index contributed by atoms with van der Waals surface area (Å²) in [5, 5.41) is 21.5. The number of para-hydroxylation sites is 1. The highest BCUT2D eigenvalue weighted by Crippen LogP contribution is 2.37. The number of nitriles is 1. The van der Waals surface area contributed by atoms with E-state index in [4.69, 9.17) is 9.47 Å². The number of ether oxygens (including phenoxy) is 2. The number of hydrogen-bond donors (Lipinski definition) is 0. The van der Waals surface area contributed by atoms with E-state index < -0.39 is 4.92 Å². The third-order valence-corrected chi connectivity index (χ3v) is 4.74. The van der Waals surface area contributed by atoms with Crippen LogP contribution < -0.4 is 9.47 Å². The molecule has 0 saturated carbocycles. The highest BCUT2D eigenvalue weighted by molar-refractivity contribution is 7.19. The van der Waals surface area contributed by atoms with Gasteiger partial charge < -0.3 is 9.47 Å². The monoisotopic (exact) mass is 367 g/mol. The van der Waals surface area contributed by atoms with E-state index >= 15 is 0 Å². The number of methoxy groups -OCH3 is 2. The maximum absolute atomic E-state index is 11.4. The first-order chi connectivity index (χ1) is 12.6. The maximum Gasteiger partial charge on any atom is 0.280 e. The summed E-state index contributed by atoms with van der Waals surface area (Å²) in [6, 6.07) is 12.3. The summed E-state index contributed by atoms with van der Waals surface area (Å²) in [5.41, 5.74) is 1.07. The Kier molecular flexibility index (Phi) is 4.82. The van der Waals surface area contributed by atoms with Gasteiger partial charge in [-0.1, -0.05) is 12.1 Å². The zero-order valence-electron chi connectivity index (χ0n) is 13.9. The molecular weight excluding hydrogens is 354 g/mol. The van der Waals surface area contributed by atoms with E-state index in [0.29, 0.717) is 10.8 Å². The second-order valence-corrected chi connectivity index (χ2v) is 6.21. The SMILES string of the molecule is COc1cc(C=C(C#N)c2nc3ccccc3s2)c([N+](=O)[O-])cc1OC. The smallest absolute Gasteiger partial charge is 0.280 e. The van der Waals surface area contributed by atoms with Crippen molar-refractivity contribution in [2.75, 3.05) is 14.2 Å². The lowest BCUT2D eigenvalue weighted by molar-refractivity contribution is -0.385. The second kappa shape index (κ2) is 7.21. The van der Waals surface area contributed by atoms with Crippen molar-refractivity contribution < 1.29 is 14.4 Å². The number of nitrogens with zero attached hydrogens (tertiary/aromatic N) is 3. The van der Waals surface area contributed by atoms with Gasteiger partial charge in [-0.05, 0) is 24.3 Å². The predicted molar refractivity (Wildman–Crippen MR) is 99.3 cm³/mol. The zero-order valence-corrected chi connectivity index (χ0v) is 14.7. The van der Waals surface area contributed by atoms with Gasteiger partial charge in [0.15, 0.2) is 11.5 Å². The van der Waals surface area contributed by atoms with Crippen molar-refractivity contribution in [3.05, 3.63) is 57.1 Å². The average molecular weight is 367 g/mol. The number of hydrogen-bond acceptors (Lipinski definition) is 7. The minimum atomic E-state index is -0.527. The molecule has 1 heterocycles. The van der Waals surface area contributed by atoms with Gasteiger partial charge in [0.1, 0.15) is 11.1 Å². The highest BCUT2D eigenvalue weighted by Gasteiger charge is 2.19. The second-order valence-electron chi connectivity index (χ2n) is 5.18. The quantitative estimate of drug-likeness (QED) is 0.379. The van der Waals surface area contributed by atoms with Crippen molar-refractivity contribution in [3.63, 3.8) is 0 Å². The standard InChI is InChI=1S/C18H13N3O4S/c1-24-15-8-11(14(21(22)23)9-16(15)25-2)7-12(10-19)18-20-13-5-3-4-6-17(13)26-18/h3-9H,1-2H3. The van der Waals surface area contributed by atoms with Crippen LogP contribution in [0.25, 0.3) is 21.9 Å². The van der Waals surface area contributed by atoms with Crippen LogP contribution >= 0.6 is 11.3 Å². The number of benzene rings is 2. The first-order valence-electron chi connectivity index (χ1n) is 7.45. The van der Waals surface area contributed by atoms with E-state index in [0.717, 1.165) is 10.2 Å². The van der Waals surface area contributed by atoms with Crippen LogP contribution in [0.2, 0.25) is 0 Å². The number of fused-ring (bicyclic) bond motifs is 1. The van der Waals surface area contributed by atoms with Crippen molar-refractivity contribution in [1.29, 1.82) is 5.26 Å². The summed E-state index contributed by atoms with van der Waals surface area (Å²) in [6.45, 7) is 0. The molecule has 8 heteroatoms. The fourth-order valence-corrected chi connectivity index (χ4v) is 3.37. The maximum atomic E-state index is 11.4. The first kappa shape index (κ1) is 17.4. The molecular formula is C18H13N3O4S. The van der Waals surface area contributed by atoms with Gasteiger partial charge in [-0.15, -0.1) is 11.3 Å². The molecule has 0 saturated heterocycles. The molecule has 0 radical (unpaired) electrons. The van der Waals surface area contributed by atoms with Crippen molar-refractivity contribution in [3.8, 4) is 17.6 Å². The van der Waals surface area contributed by atoms with Crippen LogP contribution in [0.1, 0.15) is 10.6 Å². The summed E-state index contributed by atoms with van der Waals surface area (Å²) >= 11 is 1.35. The molecule has 26 heavy (non-hydrogen) atoms. The molecule has 7 nitrogen and oxygen atoms in total. The van der Waals surface area contributed by atoms with Crippen molar-refractivity contribution >= 4 is 38.9 Å². The van der Waals surface area contributed by atoms with Crippen LogP contribution in [0.5, 0.6) is 11.5 Å². The van der Waals surface area contributed by atoms with Crippen molar-refractivity contribution in [1.82, 2.24) is 4.98 Å². The summed E-state index contributed by atoms with van der Waals surface area (Å²) < 4.78 is 11.3. The topological polar surface area (TPSA) is 98.3 Å². The van der Waals surface area contributed by atoms with Crippen molar-refractivity contribution in [2.24, 2.45) is 0 Å². The largest absolute Gasteiger partial charge is 0.493 e. The van der Waals surface area contributed by atoms with Gasteiger partial charge in [-0.3, -0.25) is 10.1 Å².